The maximum atomic E-state index is 12.0. The number of nitrogens with two attached hydrogens (primary N) is 1. The lowest BCUT2D eigenvalue weighted by molar-refractivity contribution is 0.0936. The van der Waals surface area contributed by atoms with E-state index < -0.39 is 5.91 Å². The summed E-state index contributed by atoms with van der Waals surface area (Å²) in [4.78, 5) is 23.4. The number of nitrogens with one attached hydrogen (secondary N) is 1. The summed E-state index contributed by atoms with van der Waals surface area (Å²) in [5.74, 6) is -0.128. The molecule has 2 rings (SSSR count). The lowest BCUT2D eigenvalue weighted by Crippen LogP contribution is -2.33. The number of primary amides is 1. The number of ether oxygens (including phenoxy) is 1. The normalized spacial score (nSPS) is 11.7. The molecular formula is C15H15ClN2O3S. The molecule has 3 N–H and O–H groups in total. The number of carbonyl (C=O) groups is 2. The van der Waals surface area contributed by atoms with Crippen LogP contribution in [-0.2, 0) is 0 Å². The number of rotatable bonds is 6. The van der Waals surface area contributed by atoms with E-state index in [1.807, 2.05) is 6.92 Å². The van der Waals surface area contributed by atoms with Gasteiger partial charge in [-0.05, 0) is 37.3 Å². The summed E-state index contributed by atoms with van der Waals surface area (Å²) >= 11 is 6.97. The minimum Gasteiger partial charge on any atom is -0.489 e. The number of carbonyl (C=O) groups excluding carboxylic acids is 2. The molecule has 0 spiro atoms. The monoisotopic (exact) mass is 338 g/mol. The topological polar surface area (TPSA) is 81.4 Å². The van der Waals surface area contributed by atoms with E-state index in [0.717, 1.165) is 0 Å². The number of benzene rings is 1. The Labute approximate surface area is 137 Å². The largest absolute Gasteiger partial charge is 0.489 e. The maximum absolute atomic E-state index is 12.0. The molecule has 0 saturated heterocycles. The highest BCUT2D eigenvalue weighted by atomic mass is 35.5. The van der Waals surface area contributed by atoms with E-state index in [-0.39, 0.29) is 12.0 Å². The molecule has 0 aliphatic heterocycles. The Morgan fingerprint density at radius 1 is 1.36 bits per heavy atom. The van der Waals surface area contributed by atoms with Crippen LogP contribution >= 0.6 is 22.9 Å². The summed E-state index contributed by atoms with van der Waals surface area (Å²) in [7, 11) is 0. The van der Waals surface area contributed by atoms with Gasteiger partial charge in [0.1, 0.15) is 11.9 Å². The fraction of sp³-hybridized carbons (Fsp3) is 0.200. The Kier molecular flexibility index (Phi) is 5.41. The van der Waals surface area contributed by atoms with Crippen molar-refractivity contribution >= 4 is 34.8 Å². The van der Waals surface area contributed by atoms with Gasteiger partial charge < -0.3 is 15.8 Å². The summed E-state index contributed by atoms with van der Waals surface area (Å²) in [6, 6.07) is 8.48. The van der Waals surface area contributed by atoms with Crippen molar-refractivity contribution in [2.24, 2.45) is 5.73 Å². The van der Waals surface area contributed by atoms with E-state index in [1.165, 1.54) is 17.4 Å². The third-order valence-corrected chi connectivity index (χ3v) is 3.99. The van der Waals surface area contributed by atoms with Crippen molar-refractivity contribution in [3.8, 4) is 5.75 Å². The second-order valence-electron chi connectivity index (χ2n) is 4.66. The molecule has 0 unspecified atom stereocenters. The highest BCUT2D eigenvalue weighted by Crippen LogP contribution is 2.17. The zero-order valence-corrected chi connectivity index (χ0v) is 13.4. The molecule has 0 saturated carbocycles. The molecule has 0 bridgehead atoms. The molecule has 1 atom stereocenters. The Morgan fingerprint density at radius 3 is 2.64 bits per heavy atom. The first kappa shape index (κ1) is 16.3. The second-order valence-corrected chi connectivity index (χ2v) is 6.00. The van der Waals surface area contributed by atoms with Crippen LogP contribution < -0.4 is 15.8 Å². The predicted molar refractivity (Wildman–Crippen MR) is 86.7 cm³/mol. The van der Waals surface area contributed by atoms with Crippen LogP contribution in [0.5, 0.6) is 5.75 Å². The van der Waals surface area contributed by atoms with E-state index in [4.69, 9.17) is 22.1 Å². The van der Waals surface area contributed by atoms with Gasteiger partial charge in [0.2, 0.25) is 5.91 Å². The number of hydrogen-bond donors (Lipinski definition) is 2. The molecule has 0 fully saturated rings. The first-order chi connectivity index (χ1) is 10.5. The first-order valence-corrected chi connectivity index (χ1v) is 7.80. The van der Waals surface area contributed by atoms with E-state index >= 15 is 0 Å². The van der Waals surface area contributed by atoms with Crippen molar-refractivity contribution in [2.45, 2.75) is 13.0 Å². The molecule has 0 aliphatic rings. The number of amides is 2. The smallest absolute Gasteiger partial charge is 0.261 e. The van der Waals surface area contributed by atoms with Gasteiger partial charge in [0.15, 0.2) is 0 Å². The van der Waals surface area contributed by atoms with E-state index in [0.29, 0.717) is 27.8 Å². The van der Waals surface area contributed by atoms with Gasteiger partial charge >= 0.3 is 0 Å². The van der Waals surface area contributed by atoms with E-state index in [2.05, 4.69) is 5.32 Å². The SMILES string of the molecule is C[C@H](CNC(=O)c1cc(C(N)=O)cs1)Oc1ccc(Cl)cc1. The van der Waals surface area contributed by atoms with Crippen molar-refractivity contribution in [1.29, 1.82) is 0 Å². The van der Waals surface area contributed by atoms with E-state index in [1.54, 1.807) is 29.6 Å². The molecule has 2 amide bonds. The summed E-state index contributed by atoms with van der Waals surface area (Å²) in [5.41, 5.74) is 5.49. The molecule has 116 valence electrons. The minimum absolute atomic E-state index is 0.208. The molecule has 1 aromatic heterocycles. The van der Waals surface area contributed by atoms with Crippen molar-refractivity contribution in [3.63, 3.8) is 0 Å². The van der Waals surface area contributed by atoms with Gasteiger partial charge in [0.25, 0.3) is 5.91 Å². The summed E-state index contributed by atoms with van der Waals surface area (Å²) in [6.45, 7) is 2.18. The molecule has 5 nitrogen and oxygen atoms in total. The molecule has 0 aliphatic carbocycles. The fourth-order valence-corrected chi connectivity index (χ4v) is 2.63. The van der Waals surface area contributed by atoms with Crippen LogP contribution in [-0.4, -0.2) is 24.5 Å². The van der Waals surface area contributed by atoms with Crippen LogP contribution in [0.3, 0.4) is 0 Å². The van der Waals surface area contributed by atoms with E-state index in [9.17, 15) is 9.59 Å². The lowest BCUT2D eigenvalue weighted by atomic mass is 10.3. The first-order valence-electron chi connectivity index (χ1n) is 6.54. The minimum atomic E-state index is -0.547. The zero-order chi connectivity index (χ0) is 16.1. The van der Waals surface area contributed by atoms with Gasteiger partial charge in [0, 0.05) is 10.4 Å². The highest BCUT2D eigenvalue weighted by molar-refractivity contribution is 7.12. The average molecular weight is 339 g/mol. The number of halogens is 1. The lowest BCUT2D eigenvalue weighted by Gasteiger charge is -2.15. The zero-order valence-electron chi connectivity index (χ0n) is 11.8. The van der Waals surface area contributed by atoms with Crippen LogP contribution in [0.1, 0.15) is 27.0 Å². The maximum Gasteiger partial charge on any atom is 0.261 e. The van der Waals surface area contributed by atoms with Gasteiger partial charge in [-0.1, -0.05) is 11.6 Å². The third-order valence-electron chi connectivity index (χ3n) is 2.81. The van der Waals surface area contributed by atoms with Crippen molar-refractivity contribution in [2.75, 3.05) is 6.54 Å². The van der Waals surface area contributed by atoms with Gasteiger partial charge in [-0.2, -0.15) is 0 Å². The second kappa shape index (κ2) is 7.29. The van der Waals surface area contributed by atoms with Gasteiger partial charge in [-0.25, -0.2) is 0 Å². The molecule has 0 radical (unpaired) electrons. The molecular weight excluding hydrogens is 324 g/mol. The summed E-state index contributed by atoms with van der Waals surface area (Å²) in [6.07, 6.45) is -0.208. The van der Waals surface area contributed by atoms with Crippen LogP contribution in [0.2, 0.25) is 5.02 Å². The van der Waals surface area contributed by atoms with Crippen molar-refractivity contribution in [1.82, 2.24) is 5.32 Å². The third kappa shape index (κ3) is 4.47. The molecule has 1 aromatic carbocycles. The average Bonchev–Trinajstić information content (AvgIpc) is 2.97. The highest BCUT2D eigenvalue weighted by Gasteiger charge is 2.13. The van der Waals surface area contributed by atoms with Gasteiger partial charge in [-0.3, -0.25) is 9.59 Å². The molecule has 2 aromatic rings. The Balaban J connectivity index is 1.84. The Morgan fingerprint density at radius 2 is 2.05 bits per heavy atom. The predicted octanol–water partition coefficient (Wildman–Crippen LogP) is 2.70. The Bertz CT molecular complexity index is 670. The van der Waals surface area contributed by atoms with Crippen molar-refractivity contribution < 1.29 is 14.3 Å². The molecule has 22 heavy (non-hydrogen) atoms. The van der Waals surface area contributed by atoms with Crippen LogP contribution in [0.25, 0.3) is 0 Å². The van der Waals surface area contributed by atoms with Crippen LogP contribution in [0.15, 0.2) is 35.7 Å². The molecule has 7 heteroatoms. The number of thiophene rings is 1. The van der Waals surface area contributed by atoms with Crippen molar-refractivity contribution in [3.05, 3.63) is 51.2 Å². The summed E-state index contributed by atoms with van der Waals surface area (Å²) in [5, 5.41) is 4.95. The van der Waals surface area contributed by atoms with Crippen LogP contribution in [0, 0.1) is 0 Å². The summed E-state index contributed by atoms with van der Waals surface area (Å²) < 4.78 is 5.65. The quantitative estimate of drug-likeness (QED) is 0.849. The van der Waals surface area contributed by atoms with Gasteiger partial charge in [-0.15, -0.1) is 11.3 Å². The fourth-order valence-electron chi connectivity index (χ4n) is 1.70. The number of hydrogen-bond acceptors (Lipinski definition) is 4. The molecule has 1 heterocycles. The Hall–Kier alpha value is -2.05. The standard InChI is InChI=1S/C15H15ClN2O3S/c1-9(21-12-4-2-11(16)3-5-12)7-18-15(20)13-6-10(8-22-13)14(17)19/h2-6,8-9H,7H2,1H3,(H2,17,19)(H,18,20)/t9-/m1/s1. The van der Waals surface area contributed by atoms with Crippen LogP contribution in [0.4, 0.5) is 0 Å². The van der Waals surface area contributed by atoms with Gasteiger partial charge in [0.05, 0.1) is 17.0 Å².